The van der Waals surface area contributed by atoms with Gasteiger partial charge in [0.1, 0.15) is 5.82 Å². The third-order valence-corrected chi connectivity index (χ3v) is 2.04. The number of anilines is 2. The van der Waals surface area contributed by atoms with Crippen LogP contribution in [0.15, 0.2) is 12.1 Å². The van der Waals surface area contributed by atoms with E-state index in [-0.39, 0.29) is 24.0 Å². The molecule has 0 radical (unpaired) electrons. The average molecular weight is 238 g/mol. The Morgan fingerprint density at radius 3 is 2.71 bits per heavy atom. The van der Waals surface area contributed by atoms with Gasteiger partial charge in [0, 0.05) is 12.5 Å². The van der Waals surface area contributed by atoms with Gasteiger partial charge in [0.15, 0.2) is 5.69 Å². The van der Waals surface area contributed by atoms with Crippen LogP contribution in [0.25, 0.3) is 0 Å². The summed E-state index contributed by atoms with van der Waals surface area (Å²) < 4.78 is 0. The number of carbonyl (C=O) groups excluding carboxylic acids is 1. The molecule has 0 fully saturated rings. The van der Waals surface area contributed by atoms with Gasteiger partial charge < -0.3 is 21.9 Å². The summed E-state index contributed by atoms with van der Waals surface area (Å²) in [5.74, 6) is -1.37. The van der Waals surface area contributed by atoms with Crippen molar-refractivity contribution in [2.75, 3.05) is 11.1 Å². The molecule has 0 aliphatic rings. The second-order valence-corrected chi connectivity index (χ2v) is 3.66. The first-order valence-corrected chi connectivity index (χ1v) is 4.94. The maximum Gasteiger partial charge on any atom is 0.354 e. The fourth-order valence-corrected chi connectivity index (χ4v) is 1.29. The Kier molecular flexibility index (Phi) is 3.86. The van der Waals surface area contributed by atoms with Gasteiger partial charge in [-0.2, -0.15) is 0 Å². The molecule has 0 aromatic carbocycles. The van der Waals surface area contributed by atoms with Crippen LogP contribution >= 0.6 is 0 Å². The summed E-state index contributed by atoms with van der Waals surface area (Å²) in [6.07, 6.45) is 0.110. The summed E-state index contributed by atoms with van der Waals surface area (Å²) in [4.78, 5) is 25.3. The van der Waals surface area contributed by atoms with Crippen molar-refractivity contribution < 1.29 is 14.7 Å². The molecule has 0 saturated carbocycles. The maximum absolute atomic E-state index is 10.7. The number of hydrogen-bond acceptors (Lipinski definition) is 5. The molecule has 0 aliphatic heterocycles. The summed E-state index contributed by atoms with van der Waals surface area (Å²) in [7, 11) is 0. The molecule has 92 valence electrons. The van der Waals surface area contributed by atoms with E-state index in [0.29, 0.717) is 5.69 Å². The van der Waals surface area contributed by atoms with E-state index in [4.69, 9.17) is 16.6 Å². The molecule has 0 saturated heterocycles. The lowest BCUT2D eigenvalue weighted by Crippen LogP contribution is -2.25. The molecular weight excluding hydrogens is 224 g/mol. The SMILES string of the molecule is CC(CC(N)=O)Nc1nc(C(=O)O)ccc1N. The zero-order chi connectivity index (χ0) is 13.0. The van der Waals surface area contributed by atoms with Gasteiger partial charge in [0.05, 0.1) is 5.69 Å². The van der Waals surface area contributed by atoms with Gasteiger partial charge in [-0.3, -0.25) is 4.79 Å². The monoisotopic (exact) mass is 238 g/mol. The van der Waals surface area contributed by atoms with Crippen molar-refractivity contribution in [2.45, 2.75) is 19.4 Å². The number of amides is 1. The number of nitrogen functional groups attached to an aromatic ring is 1. The topological polar surface area (TPSA) is 131 Å². The number of carbonyl (C=O) groups is 2. The highest BCUT2D eigenvalue weighted by atomic mass is 16.4. The van der Waals surface area contributed by atoms with Crippen molar-refractivity contribution in [3.05, 3.63) is 17.8 Å². The van der Waals surface area contributed by atoms with Crippen molar-refractivity contribution >= 4 is 23.4 Å². The highest BCUT2D eigenvalue weighted by Gasteiger charge is 2.12. The van der Waals surface area contributed by atoms with Crippen LogP contribution in [0.4, 0.5) is 11.5 Å². The van der Waals surface area contributed by atoms with Gasteiger partial charge >= 0.3 is 5.97 Å². The van der Waals surface area contributed by atoms with Gasteiger partial charge in [0.25, 0.3) is 0 Å². The summed E-state index contributed by atoms with van der Waals surface area (Å²) in [5.41, 5.74) is 10.9. The van der Waals surface area contributed by atoms with Crippen molar-refractivity contribution in [1.29, 1.82) is 0 Å². The predicted octanol–water partition coefficient (Wildman–Crippen LogP) is 0.0378. The van der Waals surface area contributed by atoms with E-state index in [2.05, 4.69) is 10.3 Å². The first-order valence-electron chi connectivity index (χ1n) is 4.94. The smallest absolute Gasteiger partial charge is 0.354 e. The van der Waals surface area contributed by atoms with E-state index < -0.39 is 11.9 Å². The highest BCUT2D eigenvalue weighted by molar-refractivity contribution is 5.87. The molecule has 1 aromatic rings. The largest absolute Gasteiger partial charge is 0.477 e. The summed E-state index contributed by atoms with van der Waals surface area (Å²) in [5, 5.41) is 11.6. The molecule has 7 heteroatoms. The number of nitrogens with one attached hydrogen (secondary N) is 1. The number of aromatic nitrogens is 1. The van der Waals surface area contributed by atoms with Crippen LogP contribution < -0.4 is 16.8 Å². The molecule has 17 heavy (non-hydrogen) atoms. The molecule has 0 bridgehead atoms. The number of primary amides is 1. The van der Waals surface area contributed by atoms with E-state index in [1.807, 2.05) is 0 Å². The van der Waals surface area contributed by atoms with Crippen molar-refractivity contribution in [3.63, 3.8) is 0 Å². The summed E-state index contributed by atoms with van der Waals surface area (Å²) >= 11 is 0. The third kappa shape index (κ3) is 3.63. The number of nitrogens with zero attached hydrogens (tertiary/aromatic N) is 1. The number of nitrogens with two attached hydrogens (primary N) is 2. The minimum absolute atomic E-state index is 0.110. The van der Waals surface area contributed by atoms with Crippen LogP contribution in [0.3, 0.4) is 0 Å². The fourth-order valence-electron chi connectivity index (χ4n) is 1.29. The maximum atomic E-state index is 10.7. The van der Waals surface area contributed by atoms with Gasteiger partial charge in [0.2, 0.25) is 5.91 Å². The van der Waals surface area contributed by atoms with E-state index in [1.165, 1.54) is 12.1 Å². The minimum atomic E-state index is -1.14. The number of rotatable bonds is 5. The lowest BCUT2D eigenvalue weighted by Gasteiger charge is -2.14. The van der Waals surface area contributed by atoms with Crippen molar-refractivity contribution in [3.8, 4) is 0 Å². The first kappa shape index (κ1) is 12.8. The van der Waals surface area contributed by atoms with Crippen LogP contribution in [-0.2, 0) is 4.79 Å². The number of hydrogen-bond donors (Lipinski definition) is 4. The van der Waals surface area contributed by atoms with Crippen LogP contribution in [0.1, 0.15) is 23.8 Å². The van der Waals surface area contributed by atoms with Crippen molar-refractivity contribution in [1.82, 2.24) is 4.98 Å². The van der Waals surface area contributed by atoms with Gasteiger partial charge in [-0.15, -0.1) is 0 Å². The third-order valence-electron chi connectivity index (χ3n) is 2.04. The summed E-state index contributed by atoms with van der Waals surface area (Å²) in [6.45, 7) is 1.72. The molecule has 0 aliphatic carbocycles. The number of aromatic carboxylic acids is 1. The molecule has 1 amide bonds. The Morgan fingerprint density at radius 2 is 2.18 bits per heavy atom. The Balaban J connectivity index is 2.86. The first-order chi connectivity index (χ1) is 7.90. The Bertz CT molecular complexity index is 447. The number of pyridine rings is 1. The van der Waals surface area contributed by atoms with Crippen LogP contribution in [0, 0.1) is 0 Å². The van der Waals surface area contributed by atoms with Crippen LogP contribution in [0.2, 0.25) is 0 Å². The molecule has 0 spiro atoms. The molecule has 6 N–H and O–H groups in total. The summed E-state index contributed by atoms with van der Waals surface area (Å²) in [6, 6.07) is 2.48. The molecule has 1 atom stereocenters. The Hall–Kier alpha value is -2.31. The van der Waals surface area contributed by atoms with E-state index >= 15 is 0 Å². The van der Waals surface area contributed by atoms with E-state index in [1.54, 1.807) is 6.92 Å². The molecule has 1 rings (SSSR count). The standard InChI is InChI=1S/C10H14N4O3/c1-5(4-8(12)15)13-9-6(11)2-3-7(14-9)10(16)17/h2-3,5H,4,11H2,1H3,(H2,12,15)(H,13,14)(H,16,17). The van der Waals surface area contributed by atoms with Crippen LogP contribution in [-0.4, -0.2) is 28.0 Å². The second-order valence-electron chi connectivity index (χ2n) is 3.66. The molecule has 1 aromatic heterocycles. The quantitative estimate of drug-likeness (QED) is 0.572. The van der Waals surface area contributed by atoms with E-state index in [0.717, 1.165) is 0 Å². The van der Waals surface area contributed by atoms with E-state index in [9.17, 15) is 9.59 Å². The minimum Gasteiger partial charge on any atom is -0.477 e. The second kappa shape index (κ2) is 5.15. The lowest BCUT2D eigenvalue weighted by atomic mass is 10.2. The number of carboxylic acids is 1. The lowest BCUT2D eigenvalue weighted by molar-refractivity contribution is -0.118. The normalized spacial score (nSPS) is 11.8. The van der Waals surface area contributed by atoms with Gasteiger partial charge in [-0.25, -0.2) is 9.78 Å². The fraction of sp³-hybridized carbons (Fsp3) is 0.300. The van der Waals surface area contributed by atoms with Crippen molar-refractivity contribution in [2.24, 2.45) is 5.73 Å². The Morgan fingerprint density at radius 1 is 1.53 bits per heavy atom. The molecule has 7 nitrogen and oxygen atoms in total. The molecule has 1 unspecified atom stereocenters. The number of carboxylic acid groups (broad SMARTS) is 1. The molecule has 1 heterocycles. The highest BCUT2D eigenvalue weighted by Crippen LogP contribution is 2.17. The van der Waals surface area contributed by atoms with Gasteiger partial charge in [-0.05, 0) is 19.1 Å². The Labute approximate surface area is 97.8 Å². The zero-order valence-corrected chi connectivity index (χ0v) is 9.30. The van der Waals surface area contributed by atoms with Gasteiger partial charge in [-0.1, -0.05) is 0 Å². The molecular formula is C10H14N4O3. The van der Waals surface area contributed by atoms with Crippen LogP contribution in [0.5, 0.6) is 0 Å². The average Bonchev–Trinajstić information content (AvgIpc) is 2.19. The predicted molar refractivity (Wildman–Crippen MR) is 62.5 cm³/mol. The zero-order valence-electron chi connectivity index (χ0n) is 9.30.